The molecule has 1 rings (SSSR count). The number of rotatable bonds is 4. The number of carbonyl (C=O) groups is 1. The SMILES string of the molecule is CC(C)(C)OC(=O)NCCC=Cc1cc(Br)ccc1Cl. The number of carbonyl (C=O) groups excluding carboxylic acids is 1. The molecule has 1 aromatic carbocycles. The maximum atomic E-state index is 11.4. The van der Waals surface area contributed by atoms with E-state index < -0.39 is 11.7 Å². The molecule has 0 spiro atoms. The lowest BCUT2D eigenvalue weighted by atomic mass is 10.2. The average Bonchev–Trinajstić information content (AvgIpc) is 2.30. The molecule has 1 aromatic rings. The third-order valence-corrected chi connectivity index (χ3v) is 3.07. The number of amides is 1. The number of benzene rings is 1. The monoisotopic (exact) mass is 359 g/mol. The van der Waals surface area contributed by atoms with Crippen molar-refractivity contribution >= 4 is 39.7 Å². The minimum absolute atomic E-state index is 0.397. The summed E-state index contributed by atoms with van der Waals surface area (Å²) in [4.78, 5) is 11.4. The molecule has 1 amide bonds. The molecule has 0 bridgehead atoms. The van der Waals surface area contributed by atoms with E-state index in [-0.39, 0.29) is 0 Å². The van der Waals surface area contributed by atoms with Gasteiger partial charge < -0.3 is 10.1 Å². The maximum absolute atomic E-state index is 11.4. The Morgan fingerprint density at radius 1 is 1.45 bits per heavy atom. The fourth-order valence-corrected chi connectivity index (χ4v) is 1.98. The van der Waals surface area contributed by atoms with Gasteiger partial charge in [0.2, 0.25) is 0 Å². The standard InChI is InChI=1S/C15H19BrClNO2/c1-15(2,3)20-14(19)18-9-5-4-6-11-10-12(16)7-8-13(11)17/h4,6-8,10H,5,9H2,1-3H3,(H,18,19). The Hall–Kier alpha value is -1.000. The molecule has 0 aliphatic carbocycles. The van der Waals surface area contributed by atoms with Crippen LogP contribution in [0.1, 0.15) is 32.8 Å². The van der Waals surface area contributed by atoms with Gasteiger partial charge in [-0.05, 0) is 51.0 Å². The first-order valence-electron chi connectivity index (χ1n) is 6.36. The zero-order valence-corrected chi connectivity index (χ0v) is 14.2. The molecule has 1 N–H and O–H groups in total. The highest BCUT2D eigenvalue weighted by Crippen LogP contribution is 2.22. The van der Waals surface area contributed by atoms with Crippen molar-refractivity contribution in [1.82, 2.24) is 5.32 Å². The second-order valence-electron chi connectivity index (χ2n) is 5.29. The molecule has 0 saturated carbocycles. The van der Waals surface area contributed by atoms with Gasteiger partial charge in [-0.1, -0.05) is 39.7 Å². The summed E-state index contributed by atoms with van der Waals surface area (Å²) >= 11 is 9.47. The molecule has 0 radical (unpaired) electrons. The van der Waals surface area contributed by atoms with Crippen molar-refractivity contribution in [3.63, 3.8) is 0 Å². The summed E-state index contributed by atoms with van der Waals surface area (Å²) in [5.41, 5.74) is 0.474. The molecular formula is C15H19BrClNO2. The summed E-state index contributed by atoms with van der Waals surface area (Å²) in [6.45, 7) is 6.03. The molecule has 110 valence electrons. The summed E-state index contributed by atoms with van der Waals surface area (Å²) in [6.07, 6.45) is 4.21. The molecule has 5 heteroatoms. The van der Waals surface area contributed by atoms with Gasteiger partial charge in [0.1, 0.15) is 5.60 Å². The molecule has 0 atom stereocenters. The molecule has 0 aliphatic heterocycles. The zero-order valence-electron chi connectivity index (χ0n) is 11.9. The number of halogens is 2. The lowest BCUT2D eigenvalue weighted by Crippen LogP contribution is -2.32. The van der Waals surface area contributed by atoms with Crippen molar-refractivity contribution in [2.75, 3.05) is 6.54 Å². The van der Waals surface area contributed by atoms with Crippen LogP contribution in [0.25, 0.3) is 6.08 Å². The van der Waals surface area contributed by atoms with E-state index in [2.05, 4.69) is 21.2 Å². The summed E-state index contributed by atoms with van der Waals surface area (Å²) in [6, 6.07) is 5.67. The zero-order chi connectivity index (χ0) is 15.2. The first-order valence-corrected chi connectivity index (χ1v) is 7.53. The van der Waals surface area contributed by atoms with E-state index in [9.17, 15) is 4.79 Å². The highest BCUT2D eigenvalue weighted by Gasteiger charge is 2.15. The largest absolute Gasteiger partial charge is 0.444 e. The lowest BCUT2D eigenvalue weighted by Gasteiger charge is -2.19. The van der Waals surface area contributed by atoms with Gasteiger partial charge in [-0.3, -0.25) is 0 Å². The summed E-state index contributed by atoms with van der Waals surface area (Å²) < 4.78 is 6.12. The van der Waals surface area contributed by atoms with Crippen molar-refractivity contribution in [3.05, 3.63) is 39.3 Å². The van der Waals surface area contributed by atoms with Gasteiger partial charge in [0.05, 0.1) is 0 Å². The van der Waals surface area contributed by atoms with Crippen LogP contribution in [0.3, 0.4) is 0 Å². The molecule has 3 nitrogen and oxygen atoms in total. The smallest absolute Gasteiger partial charge is 0.407 e. The van der Waals surface area contributed by atoms with E-state index in [0.717, 1.165) is 10.0 Å². The fourth-order valence-electron chi connectivity index (χ4n) is 1.42. The Labute approximate surface area is 133 Å². The average molecular weight is 361 g/mol. The number of nitrogens with one attached hydrogen (secondary N) is 1. The van der Waals surface area contributed by atoms with E-state index in [1.807, 2.05) is 51.1 Å². The number of hydrogen-bond donors (Lipinski definition) is 1. The molecule has 20 heavy (non-hydrogen) atoms. The third-order valence-electron chi connectivity index (χ3n) is 2.23. The minimum Gasteiger partial charge on any atom is -0.444 e. The van der Waals surface area contributed by atoms with Gasteiger partial charge in [0.15, 0.2) is 0 Å². The third kappa shape index (κ3) is 6.96. The number of ether oxygens (including phenoxy) is 1. The molecule has 0 heterocycles. The van der Waals surface area contributed by atoms with E-state index in [1.54, 1.807) is 0 Å². The molecule has 0 fully saturated rings. The van der Waals surface area contributed by atoms with Crippen LogP contribution in [-0.4, -0.2) is 18.2 Å². The Morgan fingerprint density at radius 3 is 2.80 bits per heavy atom. The molecule has 0 aromatic heterocycles. The second-order valence-corrected chi connectivity index (χ2v) is 6.61. The van der Waals surface area contributed by atoms with Crippen LogP contribution in [0.15, 0.2) is 28.7 Å². The van der Waals surface area contributed by atoms with Crippen molar-refractivity contribution in [1.29, 1.82) is 0 Å². The van der Waals surface area contributed by atoms with Crippen LogP contribution in [0, 0.1) is 0 Å². The van der Waals surface area contributed by atoms with Crippen LogP contribution in [0.5, 0.6) is 0 Å². The van der Waals surface area contributed by atoms with Crippen molar-refractivity contribution in [3.8, 4) is 0 Å². The van der Waals surface area contributed by atoms with Crippen molar-refractivity contribution in [2.24, 2.45) is 0 Å². The first-order chi connectivity index (χ1) is 9.28. The Morgan fingerprint density at radius 2 is 2.15 bits per heavy atom. The van der Waals surface area contributed by atoms with E-state index >= 15 is 0 Å². The van der Waals surface area contributed by atoms with Gasteiger partial charge in [-0.2, -0.15) is 0 Å². The van der Waals surface area contributed by atoms with Gasteiger partial charge in [0.25, 0.3) is 0 Å². The molecule has 0 aliphatic rings. The predicted octanol–water partition coefficient (Wildman–Crippen LogP) is 5.03. The van der Waals surface area contributed by atoms with E-state index in [0.29, 0.717) is 18.0 Å². The van der Waals surface area contributed by atoms with Crippen molar-refractivity contribution in [2.45, 2.75) is 32.8 Å². The van der Waals surface area contributed by atoms with Gasteiger partial charge >= 0.3 is 6.09 Å². The lowest BCUT2D eigenvalue weighted by molar-refractivity contribution is 0.0529. The maximum Gasteiger partial charge on any atom is 0.407 e. The number of alkyl carbamates (subject to hydrolysis) is 1. The highest BCUT2D eigenvalue weighted by atomic mass is 79.9. The molecule has 0 unspecified atom stereocenters. The van der Waals surface area contributed by atoms with Gasteiger partial charge in [-0.25, -0.2) is 4.79 Å². The summed E-state index contributed by atoms with van der Waals surface area (Å²) in [5.74, 6) is 0. The normalized spacial score (nSPS) is 11.7. The Bertz CT molecular complexity index is 495. The summed E-state index contributed by atoms with van der Waals surface area (Å²) in [7, 11) is 0. The topological polar surface area (TPSA) is 38.3 Å². The molecule has 0 saturated heterocycles. The van der Waals surface area contributed by atoms with Crippen LogP contribution in [0.2, 0.25) is 5.02 Å². The fraction of sp³-hybridized carbons (Fsp3) is 0.400. The van der Waals surface area contributed by atoms with Gasteiger partial charge in [0, 0.05) is 16.0 Å². The van der Waals surface area contributed by atoms with E-state index in [4.69, 9.17) is 16.3 Å². The quantitative estimate of drug-likeness (QED) is 0.765. The minimum atomic E-state index is -0.468. The number of hydrogen-bond acceptors (Lipinski definition) is 2. The Balaban J connectivity index is 2.36. The first kappa shape index (κ1) is 17.1. The van der Waals surface area contributed by atoms with Gasteiger partial charge in [-0.15, -0.1) is 0 Å². The molecular weight excluding hydrogens is 342 g/mol. The summed E-state index contributed by atoms with van der Waals surface area (Å²) in [5, 5.41) is 3.40. The van der Waals surface area contributed by atoms with Crippen molar-refractivity contribution < 1.29 is 9.53 Å². The second kappa shape index (κ2) is 7.70. The van der Waals surface area contributed by atoms with Crippen LogP contribution in [-0.2, 0) is 4.74 Å². The van der Waals surface area contributed by atoms with Crippen LogP contribution < -0.4 is 5.32 Å². The van der Waals surface area contributed by atoms with Crippen LogP contribution in [0.4, 0.5) is 4.79 Å². The Kier molecular flexibility index (Phi) is 6.56. The van der Waals surface area contributed by atoms with E-state index in [1.165, 1.54) is 0 Å². The predicted molar refractivity (Wildman–Crippen MR) is 87.0 cm³/mol. The van der Waals surface area contributed by atoms with Crippen LogP contribution >= 0.6 is 27.5 Å². The highest BCUT2D eigenvalue weighted by molar-refractivity contribution is 9.10.